The number of urea groups is 1. The number of piperazine rings is 1. The predicted octanol–water partition coefficient (Wildman–Crippen LogP) is 4.53. The lowest BCUT2D eigenvalue weighted by Gasteiger charge is -2.37. The van der Waals surface area contributed by atoms with Gasteiger partial charge in [0, 0.05) is 43.1 Å². The van der Waals surface area contributed by atoms with Crippen LogP contribution in [-0.2, 0) is 20.3 Å². The first-order valence-corrected chi connectivity index (χ1v) is 16.7. The van der Waals surface area contributed by atoms with Crippen LogP contribution in [0.3, 0.4) is 0 Å². The SMILES string of the molecule is CS(=O)(=O)O.Cc1ccc(-n2nc(C3(C)CC3)cc2NC(=O)Nc2cnc(N3CCN(C(=O)C4(C)CC4)CC3)c(C)c2)cc1. The van der Waals surface area contributed by atoms with E-state index in [1.54, 1.807) is 10.9 Å². The number of amides is 3. The summed E-state index contributed by atoms with van der Waals surface area (Å²) in [5, 5.41) is 10.8. The van der Waals surface area contributed by atoms with Crippen LogP contribution in [0, 0.1) is 19.3 Å². The highest BCUT2D eigenvalue weighted by Crippen LogP contribution is 2.48. The molecule has 0 spiro atoms. The van der Waals surface area contributed by atoms with E-state index < -0.39 is 10.1 Å². The molecule has 3 amide bonds. The maximum Gasteiger partial charge on any atom is 0.324 e. The molecule has 2 saturated carbocycles. The Morgan fingerprint density at radius 1 is 0.932 bits per heavy atom. The van der Waals surface area contributed by atoms with E-state index in [4.69, 9.17) is 9.65 Å². The number of carbonyl (C=O) groups is 2. The van der Waals surface area contributed by atoms with Gasteiger partial charge < -0.3 is 15.1 Å². The Bertz CT molecular complexity index is 1640. The average molecular weight is 624 g/mol. The van der Waals surface area contributed by atoms with Gasteiger partial charge in [0.25, 0.3) is 10.1 Å². The van der Waals surface area contributed by atoms with Gasteiger partial charge >= 0.3 is 6.03 Å². The van der Waals surface area contributed by atoms with Crippen LogP contribution in [0.5, 0.6) is 0 Å². The number of hydrogen-bond acceptors (Lipinski definition) is 7. The van der Waals surface area contributed by atoms with E-state index >= 15 is 0 Å². The number of pyridine rings is 1. The maximum atomic E-state index is 13.0. The predicted molar refractivity (Wildman–Crippen MR) is 170 cm³/mol. The maximum absolute atomic E-state index is 13.0. The summed E-state index contributed by atoms with van der Waals surface area (Å²) in [6.45, 7) is 11.3. The van der Waals surface area contributed by atoms with Crippen molar-refractivity contribution in [3.05, 3.63) is 59.4 Å². The summed E-state index contributed by atoms with van der Waals surface area (Å²) in [5.41, 5.74) is 4.63. The zero-order chi connectivity index (χ0) is 31.9. The molecule has 1 aliphatic heterocycles. The summed E-state index contributed by atoms with van der Waals surface area (Å²) >= 11 is 0. The molecule has 0 unspecified atom stereocenters. The molecule has 236 valence electrons. The minimum Gasteiger partial charge on any atom is -0.353 e. The number of carbonyl (C=O) groups excluding carboxylic acids is 2. The molecule has 0 radical (unpaired) electrons. The van der Waals surface area contributed by atoms with Crippen molar-refractivity contribution in [2.45, 2.75) is 58.8 Å². The summed E-state index contributed by atoms with van der Waals surface area (Å²) in [4.78, 5) is 34.6. The van der Waals surface area contributed by atoms with Crippen LogP contribution in [0.25, 0.3) is 5.69 Å². The fourth-order valence-corrected chi connectivity index (χ4v) is 5.24. The fourth-order valence-electron chi connectivity index (χ4n) is 5.24. The number of rotatable bonds is 6. The van der Waals surface area contributed by atoms with E-state index in [0.717, 1.165) is 61.5 Å². The van der Waals surface area contributed by atoms with E-state index in [0.29, 0.717) is 36.8 Å². The quantitative estimate of drug-likeness (QED) is 0.339. The molecule has 1 aromatic carbocycles. The van der Waals surface area contributed by atoms with Gasteiger partial charge in [0.05, 0.1) is 29.5 Å². The lowest BCUT2D eigenvalue weighted by atomic mass is 10.1. The van der Waals surface area contributed by atoms with Crippen molar-refractivity contribution in [3.63, 3.8) is 0 Å². The molecule has 3 fully saturated rings. The Kier molecular flexibility index (Phi) is 8.47. The van der Waals surface area contributed by atoms with Crippen molar-refractivity contribution in [3.8, 4) is 5.69 Å². The Labute approximate surface area is 258 Å². The third-order valence-electron chi connectivity index (χ3n) is 8.54. The molecule has 6 rings (SSSR count). The minimum atomic E-state index is -3.67. The Balaban J connectivity index is 0.000000712. The highest BCUT2D eigenvalue weighted by Gasteiger charge is 2.47. The standard InChI is InChI=1S/C30H37N7O2.CH4O3S/c1-20-5-7-23(8-6-20)37-25(18-24(34-37)29(3)9-10-29)33-28(39)32-22-17-21(2)26(31-19-22)35-13-15-36(16-14-35)27(38)30(4)11-12-30;1-5(2,3)4/h5-8,17-19H,9-16H2,1-4H3,(H2,32,33,39);1H3,(H,2,3,4). The van der Waals surface area contributed by atoms with E-state index in [1.807, 2.05) is 55.1 Å². The van der Waals surface area contributed by atoms with Crippen LogP contribution in [-0.4, -0.2) is 77.0 Å². The van der Waals surface area contributed by atoms with Gasteiger partial charge in [-0.2, -0.15) is 13.5 Å². The summed E-state index contributed by atoms with van der Waals surface area (Å²) < 4.78 is 27.7. The molecule has 0 bridgehead atoms. The van der Waals surface area contributed by atoms with Crippen LogP contribution < -0.4 is 15.5 Å². The third kappa shape index (κ3) is 7.56. The second kappa shape index (κ2) is 11.8. The number of anilines is 3. The van der Waals surface area contributed by atoms with Gasteiger partial charge in [0.1, 0.15) is 11.6 Å². The number of aryl methyl sites for hydroxylation is 2. The molecule has 3 aliphatic rings. The molecule has 3 aromatic rings. The Hall–Kier alpha value is -3.97. The highest BCUT2D eigenvalue weighted by molar-refractivity contribution is 7.85. The first-order chi connectivity index (χ1) is 20.6. The van der Waals surface area contributed by atoms with Crippen LogP contribution in [0.4, 0.5) is 22.1 Å². The van der Waals surface area contributed by atoms with E-state index in [2.05, 4.69) is 34.4 Å². The monoisotopic (exact) mass is 623 g/mol. The van der Waals surface area contributed by atoms with Crippen molar-refractivity contribution in [2.75, 3.05) is 48.0 Å². The lowest BCUT2D eigenvalue weighted by molar-refractivity contribution is -0.136. The molecular formula is C31H41N7O5S. The molecule has 13 heteroatoms. The van der Waals surface area contributed by atoms with Crippen molar-refractivity contribution in [1.29, 1.82) is 0 Å². The number of nitrogens with zero attached hydrogens (tertiary/aromatic N) is 5. The van der Waals surface area contributed by atoms with Gasteiger partial charge in [-0.05, 0) is 63.3 Å². The summed E-state index contributed by atoms with van der Waals surface area (Å²) in [5.74, 6) is 1.82. The normalized spacial score (nSPS) is 18.1. The Morgan fingerprint density at radius 2 is 1.55 bits per heavy atom. The van der Waals surface area contributed by atoms with E-state index in [-0.39, 0.29) is 16.9 Å². The molecule has 0 atom stereocenters. The van der Waals surface area contributed by atoms with Gasteiger partial charge in [-0.3, -0.25) is 14.7 Å². The molecule has 2 aromatic heterocycles. The van der Waals surface area contributed by atoms with Gasteiger partial charge in [-0.1, -0.05) is 31.5 Å². The van der Waals surface area contributed by atoms with Crippen LogP contribution >= 0.6 is 0 Å². The summed E-state index contributed by atoms with van der Waals surface area (Å²) in [7, 11) is -3.67. The van der Waals surface area contributed by atoms with Crippen LogP contribution in [0.15, 0.2) is 42.6 Å². The van der Waals surface area contributed by atoms with Crippen molar-refractivity contribution in [1.82, 2.24) is 19.7 Å². The number of aromatic nitrogens is 3. The molecule has 1 saturated heterocycles. The van der Waals surface area contributed by atoms with Crippen LogP contribution in [0.2, 0.25) is 0 Å². The summed E-state index contributed by atoms with van der Waals surface area (Å²) in [6, 6.07) is 11.7. The Morgan fingerprint density at radius 3 is 2.09 bits per heavy atom. The third-order valence-corrected chi connectivity index (χ3v) is 8.54. The van der Waals surface area contributed by atoms with E-state index in [1.165, 1.54) is 5.56 Å². The molecule has 44 heavy (non-hydrogen) atoms. The first-order valence-electron chi connectivity index (χ1n) is 14.8. The van der Waals surface area contributed by atoms with E-state index in [9.17, 15) is 18.0 Å². The molecule has 12 nitrogen and oxygen atoms in total. The van der Waals surface area contributed by atoms with Crippen molar-refractivity contribution in [2.24, 2.45) is 5.41 Å². The van der Waals surface area contributed by atoms with Gasteiger partial charge in [-0.15, -0.1) is 0 Å². The fraction of sp³-hybridized carbons (Fsp3) is 0.484. The number of benzene rings is 1. The second-order valence-corrected chi connectivity index (χ2v) is 14.2. The molecule has 2 aliphatic carbocycles. The van der Waals surface area contributed by atoms with Crippen molar-refractivity contribution < 1.29 is 22.6 Å². The largest absolute Gasteiger partial charge is 0.353 e. The second-order valence-electron chi connectivity index (χ2n) is 12.7. The highest BCUT2D eigenvalue weighted by atomic mass is 32.2. The molecule has 3 heterocycles. The number of hydrogen-bond donors (Lipinski definition) is 3. The van der Waals surface area contributed by atoms with Gasteiger partial charge in [-0.25, -0.2) is 14.5 Å². The van der Waals surface area contributed by atoms with Gasteiger partial charge in [0.2, 0.25) is 5.91 Å². The summed E-state index contributed by atoms with van der Waals surface area (Å²) in [6.07, 6.45) is 6.62. The zero-order valence-electron chi connectivity index (χ0n) is 25.9. The first kappa shape index (κ1) is 31.5. The number of nitrogens with one attached hydrogen (secondary N) is 2. The minimum absolute atomic E-state index is 0.0777. The molecule has 3 N–H and O–H groups in total. The van der Waals surface area contributed by atoms with Crippen LogP contribution in [0.1, 0.15) is 56.4 Å². The smallest absolute Gasteiger partial charge is 0.324 e. The zero-order valence-corrected chi connectivity index (χ0v) is 26.7. The average Bonchev–Trinajstić information content (AvgIpc) is 3.85. The lowest BCUT2D eigenvalue weighted by Crippen LogP contribution is -2.50. The molecular weight excluding hydrogens is 582 g/mol. The topological polar surface area (TPSA) is 150 Å². The van der Waals surface area contributed by atoms with Gasteiger partial charge in [0.15, 0.2) is 0 Å². The van der Waals surface area contributed by atoms with Crippen molar-refractivity contribution >= 4 is 39.4 Å².